The fraction of sp³-hybridized carbons (Fsp3) is 0.150. The van der Waals surface area contributed by atoms with Crippen LogP contribution in [0.3, 0.4) is 0 Å². The maximum absolute atomic E-state index is 13.0. The minimum atomic E-state index is -0.270. The third-order valence-corrected chi connectivity index (χ3v) is 5.01. The van der Waals surface area contributed by atoms with Gasteiger partial charge in [0.2, 0.25) is 0 Å². The first kappa shape index (κ1) is 17.2. The van der Waals surface area contributed by atoms with Crippen molar-refractivity contribution in [2.24, 2.45) is 0 Å². The van der Waals surface area contributed by atoms with Gasteiger partial charge in [-0.25, -0.2) is 4.39 Å². The molecule has 1 amide bonds. The molecule has 5 heteroatoms. The lowest BCUT2D eigenvalue weighted by Crippen LogP contribution is -2.25. The third kappa shape index (κ3) is 3.88. The number of carbonyl (C=O) groups is 1. The predicted octanol–water partition coefficient (Wildman–Crippen LogP) is 4.84. The standard InChI is InChI=1S/C20H18FNO2S/c1-22(13-15-5-3-4-6-17(15)24-2)20(23)19-12-11-18(25-19)14-7-9-16(21)10-8-14/h3-12H,13H2,1-2H3. The molecule has 3 rings (SSSR count). The normalized spacial score (nSPS) is 10.5. The Hall–Kier alpha value is -2.66. The molecule has 0 atom stereocenters. The Labute approximate surface area is 150 Å². The monoisotopic (exact) mass is 355 g/mol. The highest BCUT2D eigenvalue weighted by Crippen LogP contribution is 2.29. The largest absolute Gasteiger partial charge is 0.496 e. The van der Waals surface area contributed by atoms with Crippen molar-refractivity contribution in [3.05, 3.63) is 76.9 Å². The number of hydrogen-bond acceptors (Lipinski definition) is 3. The van der Waals surface area contributed by atoms with Gasteiger partial charge in [0.15, 0.2) is 0 Å². The van der Waals surface area contributed by atoms with Crippen molar-refractivity contribution in [2.75, 3.05) is 14.2 Å². The number of rotatable bonds is 5. The molecule has 2 aromatic carbocycles. The Kier molecular flexibility index (Phi) is 5.14. The van der Waals surface area contributed by atoms with E-state index in [1.165, 1.54) is 23.5 Å². The van der Waals surface area contributed by atoms with Crippen LogP contribution in [0.2, 0.25) is 0 Å². The van der Waals surface area contributed by atoms with E-state index in [-0.39, 0.29) is 11.7 Å². The van der Waals surface area contributed by atoms with Gasteiger partial charge >= 0.3 is 0 Å². The van der Waals surface area contributed by atoms with Gasteiger partial charge in [0.1, 0.15) is 11.6 Å². The summed E-state index contributed by atoms with van der Waals surface area (Å²) in [5, 5.41) is 0. The van der Waals surface area contributed by atoms with E-state index in [1.54, 1.807) is 31.2 Å². The summed E-state index contributed by atoms with van der Waals surface area (Å²) in [6.45, 7) is 0.465. The molecule has 0 radical (unpaired) electrons. The minimum Gasteiger partial charge on any atom is -0.496 e. The van der Waals surface area contributed by atoms with Gasteiger partial charge in [0.05, 0.1) is 12.0 Å². The second-order valence-electron chi connectivity index (χ2n) is 5.64. The Balaban J connectivity index is 1.75. The summed E-state index contributed by atoms with van der Waals surface area (Å²) < 4.78 is 18.4. The van der Waals surface area contributed by atoms with Crippen LogP contribution in [-0.2, 0) is 6.54 Å². The Bertz CT molecular complexity index is 873. The molecule has 0 N–H and O–H groups in total. The number of thiophene rings is 1. The summed E-state index contributed by atoms with van der Waals surface area (Å²) in [6.07, 6.45) is 0. The number of halogens is 1. The van der Waals surface area contributed by atoms with E-state index in [0.717, 1.165) is 21.8 Å². The van der Waals surface area contributed by atoms with E-state index >= 15 is 0 Å². The molecule has 1 aromatic heterocycles. The molecule has 0 saturated carbocycles. The quantitative estimate of drug-likeness (QED) is 0.656. The molecule has 0 aliphatic rings. The Morgan fingerprint density at radius 1 is 1.08 bits per heavy atom. The highest BCUT2D eigenvalue weighted by atomic mass is 32.1. The van der Waals surface area contributed by atoms with Crippen LogP contribution in [0, 0.1) is 5.82 Å². The lowest BCUT2D eigenvalue weighted by atomic mass is 10.2. The zero-order valence-electron chi connectivity index (χ0n) is 14.0. The lowest BCUT2D eigenvalue weighted by Gasteiger charge is -2.18. The highest BCUT2D eigenvalue weighted by molar-refractivity contribution is 7.17. The molecule has 0 unspecified atom stereocenters. The van der Waals surface area contributed by atoms with Crippen molar-refractivity contribution < 1.29 is 13.9 Å². The summed E-state index contributed by atoms with van der Waals surface area (Å²) in [7, 11) is 3.39. The summed E-state index contributed by atoms with van der Waals surface area (Å²) in [6, 6.07) is 17.6. The van der Waals surface area contributed by atoms with Gasteiger partial charge in [-0.3, -0.25) is 4.79 Å². The maximum atomic E-state index is 13.0. The predicted molar refractivity (Wildman–Crippen MR) is 98.5 cm³/mol. The van der Waals surface area contributed by atoms with Crippen molar-refractivity contribution in [3.8, 4) is 16.2 Å². The topological polar surface area (TPSA) is 29.5 Å². The number of hydrogen-bond donors (Lipinski definition) is 0. The first-order valence-corrected chi connectivity index (χ1v) is 8.63. The van der Waals surface area contributed by atoms with Gasteiger partial charge in [0, 0.05) is 24.0 Å². The van der Waals surface area contributed by atoms with E-state index in [9.17, 15) is 9.18 Å². The van der Waals surface area contributed by atoms with Crippen LogP contribution in [0.15, 0.2) is 60.7 Å². The van der Waals surface area contributed by atoms with Crippen molar-refractivity contribution in [2.45, 2.75) is 6.54 Å². The number of methoxy groups -OCH3 is 1. The summed E-state index contributed by atoms with van der Waals surface area (Å²) in [5.41, 5.74) is 1.86. The molecular formula is C20H18FNO2S. The number of nitrogens with zero attached hydrogens (tertiary/aromatic N) is 1. The van der Waals surface area contributed by atoms with Crippen LogP contribution < -0.4 is 4.74 Å². The fourth-order valence-corrected chi connectivity index (χ4v) is 3.58. The van der Waals surface area contributed by atoms with Crippen molar-refractivity contribution in [1.82, 2.24) is 4.90 Å². The SMILES string of the molecule is COc1ccccc1CN(C)C(=O)c1ccc(-c2ccc(F)cc2)s1. The van der Waals surface area contributed by atoms with Gasteiger partial charge in [0.25, 0.3) is 5.91 Å². The van der Waals surface area contributed by atoms with E-state index in [0.29, 0.717) is 11.4 Å². The molecule has 0 aliphatic heterocycles. The molecule has 0 fully saturated rings. The van der Waals surface area contributed by atoms with Gasteiger partial charge in [-0.05, 0) is 35.9 Å². The number of para-hydroxylation sites is 1. The molecule has 0 saturated heterocycles. The minimum absolute atomic E-state index is 0.0516. The Morgan fingerprint density at radius 2 is 1.80 bits per heavy atom. The number of ether oxygens (including phenoxy) is 1. The summed E-state index contributed by atoms with van der Waals surface area (Å²) in [4.78, 5) is 15.9. The highest BCUT2D eigenvalue weighted by Gasteiger charge is 2.16. The first-order valence-electron chi connectivity index (χ1n) is 7.81. The zero-order valence-corrected chi connectivity index (χ0v) is 14.8. The van der Waals surface area contributed by atoms with E-state index in [4.69, 9.17) is 4.74 Å². The fourth-order valence-electron chi connectivity index (χ4n) is 2.57. The van der Waals surface area contributed by atoms with Crippen LogP contribution in [0.5, 0.6) is 5.75 Å². The molecule has 1 heterocycles. The van der Waals surface area contributed by atoms with Crippen molar-refractivity contribution >= 4 is 17.2 Å². The summed E-state index contributed by atoms with van der Waals surface area (Å²) in [5.74, 6) is 0.442. The van der Waals surface area contributed by atoms with E-state index < -0.39 is 0 Å². The second kappa shape index (κ2) is 7.49. The maximum Gasteiger partial charge on any atom is 0.263 e. The molecule has 25 heavy (non-hydrogen) atoms. The second-order valence-corrected chi connectivity index (χ2v) is 6.73. The van der Waals surface area contributed by atoms with Crippen LogP contribution in [0.4, 0.5) is 4.39 Å². The number of benzene rings is 2. The van der Waals surface area contributed by atoms with Crippen molar-refractivity contribution in [3.63, 3.8) is 0 Å². The molecule has 128 valence electrons. The summed E-state index contributed by atoms with van der Waals surface area (Å²) >= 11 is 1.40. The average Bonchev–Trinajstić information content (AvgIpc) is 3.12. The van der Waals surface area contributed by atoms with Crippen LogP contribution in [0.25, 0.3) is 10.4 Å². The first-order chi connectivity index (χ1) is 12.1. The van der Waals surface area contributed by atoms with E-state index in [1.807, 2.05) is 36.4 Å². The van der Waals surface area contributed by atoms with Crippen LogP contribution in [0.1, 0.15) is 15.2 Å². The van der Waals surface area contributed by atoms with Gasteiger partial charge in [-0.2, -0.15) is 0 Å². The molecule has 0 aliphatic carbocycles. The smallest absolute Gasteiger partial charge is 0.263 e. The molecule has 3 nitrogen and oxygen atoms in total. The molecule has 0 bridgehead atoms. The van der Waals surface area contributed by atoms with Crippen molar-refractivity contribution in [1.29, 1.82) is 0 Å². The molecule has 3 aromatic rings. The molecule has 0 spiro atoms. The van der Waals surface area contributed by atoms with Gasteiger partial charge < -0.3 is 9.64 Å². The lowest BCUT2D eigenvalue weighted by molar-refractivity contribution is 0.0789. The number of carbonyl (C=O) groups excluding carboxylic acids is 1. The van der Waals surface area contributed by atoms with Crippen LogP contribution >= 0.6 is 11.3 Å². The van der Waals surface area contributed by atoms with Crippen LogP contribution in [-0.4, -0.2) is 25.0 Å². The van der Waals surface area contributed by atoms with Gasteiger partial charge in [-0.1, -0.05) is 30.3 Å². The van der Waals surface area contributed by atoms with Gasteiger partial charge in [-0.15, -0.1) is 11.3 Å². The third-order valence-electron chi connectivity index (χ3n) is 3.89. The van der Waals surface area contributed by atoms with E-state index in [2.05, 4.69) is 0 Å². The molecular weight excluding hydrogens is 337 g/mol. The number of amides is 1. The Morgan fingerprint density at radius 3 is 2.52 bits per heavy atom. The zero-order chi connectivity index (χ0) is 17.8. The average molecular weight is 355 g/mol.